The number of rotatable bonds is 3. The number of carbonyl (C=O) groups is 1. The average molecular weight is 365 g/mol. The SMILES string of the molecule is COc1ccc(-n2c(N)nc3cc(C(=O)N4CCC(C)CC4)cnc32)cc1. The number of piperidine rings is 1. The molecule has 1 aliphatic rings. The first-order valence-corrected chi connectivity index (χ1v) is 9.14. The molecule has 1 fully saturated rings. The Morgan fingerprint density at radius 2 is 1.93 bits per heavy atom. The molecule has 0 atom stereocenters. The Morgan fingerprint density at radius 1 is 1.22 bits per heavy atom. The molecule has 0 spiro atoms. The third-order valence-corrected chi connectivity index (χ3v) is 5.17. The molecule has 1 aromatic carbocycles. The Balaban J connectivity index is 1.67. The molecule has 0 radical (unpaired) electrons. The van der Waals surface area contributed by atoms with Gasteiger partial charge in [0.05, 0.1) is 18.4 Å². The lowest BCUT2D eigenvalue weighted by atomic mass is 9.99. The molecule has 3 heterocycles. The highest BCUT2D eigenvalue weighted by Crippen LogP contribution is 2.25. The summed E-state index contributed by atoms with van der Waals surface area (Å²) in [7, 11) is 1.62. The lowest BCUT2D eigenvalue weighted by molar-refractivity contribution is 0.0697. The monoisotopic (exact) mass is 365 g/mol. The van der Waals surface area contributed by atoms with Gasteiger partial charge in [-0.25, -0.2) is 9.97 Å². The summed E-state index contributed by atoms with van der Waals surface area (Å²) in [5, 5.41) is 0. The maximum absolute atomic E-state index is 12.8. The van der Waals surface area contributed by atoms with Gasteiger partial charge in [-0.3, -0.25) is 9.36 Å². The van der Waals surface area contributed by atoms with Crippen molar-refractivity contribution in [1.82, 2.24) is 19.4 Å². The summed E-state index contributed by atoms with van der Waals surface area (Å²) >= 11 is 0. The van der Waals surface area contributed by atoms with Crippen LogP contribution in [-0.4, -0.2) is 45.5 Å². The van der Waals surface area contributed by atoms with Crippen molar-refractivity contribution < 1.29 is 9.53 Å². The zero-order valence-corrected chi connectivity index (χ0v) is 15.6. The van der Waals surface area contributed by atoms with E-state index in [-0.39, 0.29) is 5.91 Å². The van der Waals surface area contributed by atoms with Crippen LogP contribution in [0.3, 0.4) is 0 Å². The van der Waals surface area contributed by atoms with Crippen molar-refractivity contribution >= 4 is 23.0 Å². The average Bonchev–Trinajstić information content (AvgIpc) is 3.03. The second kappa shape index (κ2) is 6.90. The Hall–Kier alpha value is -3.09. The van der Waals surface area contributed by atoms with Gasteiger partial charge in [-0.2, -0.15) is 0 Å². The number of anilines is 1. The van der Waals surface area contributed by atoms with Gasteiger partial charge in [0.2, 0.25) is 5.95 Å². The second-order valence-electron chi connectivity index (χ2n) is 7.04. The fraction of sp³-hybridized carbons (Fsp3) is 0.350. The zero-order valence-electron chi connectivity index (χ0n) is 15.6. The third-order valence-electron chi connectivity index (χ3n) is 5.17. The molecule has 140 valence electrons. The first-order valence-electron chi connectivity index (χ1n) is 9.14. The molecule has 7 heteroatoms. The number of nitrogens with two attached hydrogens (primary N) is 1. The van der Waals surface area contributed by atoms with Gasteiger partial charge in [0.15, 0.2) is 5.65 Å². The number of hydrogen-bond donors (Lipinski definition) is 1. The molecule has 1 amide bonds. The molecule has 1 aliphatic heterocycles. The van der Waals surface area contributed by atoms with E-state index in [1.807, 2.05) is 29.2 Å². The highest BCUT2D eigenvalue weighted by molar-refractivity contribution is 5.96. The van der Waals surface area contributed by atoms with Crippen LogP contribution in [0.25, 0.3) is 16.9 Å². The van der Waals surface area contributed by atoms with Crippen LogP contribution >= 0.6 is 0 Å². The summed E-state index contributed by atoms with van der Waals surface area (Å²) in [4.78, 5) is 23.6. The molecule has 27 heavy (non-hydrogen) atoms. The van der Waals surface area contributed by atoms with Crippen molar-refractivity contribution in [2.45, 2.75) is 19.8 Å². The summed E-state index contributed by atoms with van der Waals surface area (Å²) in [5.74, 6) is 1.78. The van der Waals surface area contributed by atoms with Gasteiger partial charge in [-0.05, 0) is 49.1 Å². The number of hydrogen-bond acceptors (Lipinski definition) is 5. The molecule has 3 aromatic rings. The van der Waals surface area contributed by atoms with Crippen molar-refractivity contribution in [3.63, 3.8) is 0 Å². The fourth-order valence-electron chi connectivity index (χ4n) is 3.48. The maximum atomic E-state index is 12.8. The zero-order chi connectivity index (χ0) is 19.0. The molecule has 7 nitrogen and oxygen atoms in total. The number of pyridine rings is 1. The maximum Gasteiger partial charge on any atom is 0.255 e. The van der Waals surface area contributed by atoms with E-state index in [1.54, 1.807) is 23.9 Å². The number of fused-ring (bicyclic) bond motifs is 1. The predicted octanol–water partition coefficient (Wildman–Crippen LogP) is 2.88. The van der Waals surface area contributed by atoms with E-state index in [9.17, 15) is 4.79 Å². The van der Waals surface area contributed by atoms with Gasteiger partial charge in [0, 0.05) is 19.3 Å². The van der Waals surface area contributed by atoms with E-state index in [0.29, 0.717) is 28.6 Å². The molecule has 0 unspecified atom stereocenters. The molecule has 2 aromatic heterocycles. The van der Waals surface area contributed by atoms with E-state index < -0.39 is 0 Å². The summed E-state index contributed by atoms with van der Waals surface area (Å²) in [6.45, 7) is 3.81. The Labute approximate surface area is 157 Å². The number of nitrogens with zero attached hydrogens (tertiary/aromatic N) is 4. The highest BCUT2D eigenvalue weighted by Gasteiger charge is 2.23. The second-order valence-corrected chi connectivity index (χ2v) is 7.04. The molecule has 0 bridgehead atoms. The number of benzene rings is 1. The lowest BCUT2D eigenvalue weighted by Crippen LogP contribution is -2.37. The van der Waals surface area contributed by atoms with Crippen LogP contribution in [0.2, 0.25) is 0 Å². The van der Waals surface area contributed by atoms with E-state index >= 15 is 0 Å². The van der Waals surface area contributed by atoms with Crippen molar-refractivity contribution in [3.05, 3.63) is 42.1 Å². The smallest absolute Gasteiger partial charge is 0.255 e. The van der Waals surface area contributed by atoms with Crippen LogP contribution in [0.4, 0.5) is 5.95 Å². The van der Waals surface area contributed by atoms with Crippen LogP contribution in [0.5, 0.6) is 5.75 Å². The minimum atomic E-state index is 0.00821. The van der Waals surface area contributed by atoms with Crippen molar-refractivity contribution in [2.75, 3.05) is 25.9 Å². The first-order chi connectivity index (χ1) is 13.1. The Morgan fingerprint density at radius 3 is 2.59 bits per heavy atom. The predicted molar refractivity (Wildman–Crippen MR) is 104 cm³/mol. The van der Waals surface area contributed by atoms with E-state index in [0.717, 1.165) is 37.4 Å². The number of carbonyl (C=O) groups excluding carboxylic acids is 1. The van der Waals surface area contributed by atoms with Gasteiger partial charge in [-0.15, -0.1) is 0 Å². The normalized spacial score (nSPS) is 15.3. The van der Waals surface area contributed by atoms with Crippen LogP contribution < -0.4 is 10.5 Å². The topological polar surface area (TPSA) is 86.3 Å². The lowest BCUT2D eigenvalue weighted by Gasteiger charge is -2.30. The van der Waals surface area contributed by atoms with Crippen molar-refractivity contribution in [3.8, 4) is 11.4 Å². The third kappa shape index (κ3) is 3.20. The van der Waals surface area contributed by atoms with E-state index in [2.05, 4.69) is 16.9 Å². The fourth-order valence-corrected chi connectivity index (χ4v) is 3.48. The molecule has 4 rings (SSSR count). The van der Waals surface area contributed by atoms with Crippen molar-refractivity contribution in [1.29, 1.82) is 0 Å². The van der Waals surface area contributed by atoms with Crippen molar-refractivity contribution in [2.24, 2.45) is 5.92 Å². The Bertz CT molecular complexity index is 972. The number of imidazole rings is 1. The quantitative estimate of drug-likeness (QED) is 0.771. The van der Waals surface area contributed by atoms with Gasteiger partial charge in [0.25, 0.3) is 5.91 Å². The number of nitrogen functional groups attached to an aromatic ring is 1. The molecular weight excluding hydrogens is 342 g/mol. The minimum Gasteiger partial charge on any atom is -0.497 e. The van der Waals surface area contributed by atoms with E-state index in [1.165, 1.54) is 0 Å². The molecular formula is C20H23N5O2. The van der Waals surface area contributed by atoms with Gasteiger partial charge in [0.1, 0.15) is 11.3 Å². The summed E-state index contributed by atoms with van der Waals surface area (Å²) < 4.78 is 6.97. The molecule has 0 saturated carbocycles. The van der Waals surface area contributed by atoms with E-state index in [4.69, 9.17) is 10.5 Å². The Kier molecular flexibility index (Phi) is 4.43. The minimum absolute atomic E-state index is 0.00821. The van der Waals surface area contributed by atoms with Gasteiger partial charge in [-0.1, -0.05) is 6.92 Å². The van der Waals surface area contributed by atoms with Gasteiger partial charge < -0.3 is 15.4 Å². The van der Waals surface area contributed by atoms with Gasteiger partial charge >= 0.3 is 0 Å². The van der Waals surface area contributed by atoms with Crippen LogP contribution in [0.15, 0.2) is 36.5 Å². The highest BCUT2D eigenvalue weighted by atomic mass is 16.5. The molecule has 2 N–H and O–H groups in total. The van der Waals surface area contributed by atoms with Crippen LogP contribution in [0, 0.1) is 5.92 Å². The molecule has 0 aliphatic carbocycles. The van der Waals surface area contributed by atoms with Crippen LogP contribution in [0.1, 0.15) is 30.1 Å². The molecule has 1 saturated heterocycles. The summed E-state index contributed by atoms with van der Waals surface area (Å²) in [5.41, 5.74) is 8.75. The number of amides is 1. The number of methoxy groups -OCH3 is 1. The standard InChI is InChI=1S/C20H23N5O2/c1-13-7-9-24(10-8-13)19(26)14-11-17-18(22-12-14)25(20(21)23-17)15-3-5-16(27-2)6-4-15/h3-6,11-13H,7-10H2,1-2H3,(H2,21,23). The van der Waals surface area contributed by atoms with Crippen LogP contribution in [-0.2, 0) is 0 Å². The largest absolute Gasteiger partial charge is 0.497 e. The number of ether oxygens (including phenoxy) is 1. The number of aromatic nitrogens is 3. The summed E-state index contributed by atoms with van der Waals surface area (Å²) in [6.07, 6.45) is 3.70. The number of likely N-dealkylation sites (tertiary alicyclic amines) is 1. The summed E-state index contributed by atoms with van der Waals surface area (Å²) in [6, 6.07) is 9.28. The first kappa shape index (κ1) is 17.3.